The van der Waals surface area contributed by atoms with Gasteiger partial charge < -0.3 is 4.74 Å². The Bertz CT molecular complexity index is 137. The number of hydrogen-bond acceptors (Lipinski definition) is 2. The van der Waals surface area contributed by atoms with Gasteiger partial charge in [-0.15, -0.1) is 0 Å². The summed E-state index contributed by atoms with van der Waals surface area (Å²) in [6.07, 6.45) is 6.29. The molecule has 0 aromatic carbocycles. The van der Waals surface area contributed by atoms with Crippen molar-refractivity contribution in [3.05, 3.63) is 6.92 Å². The van der Waals surface area contributed by atoms with Crippen molar-refractivity contribution in [1.29, 1.82) is 0 Å². The van der Waals surface area contributed by atoms with Gasteiger partial charge in [-0.05, 0) is 32.1 Å². The summed E-state index contributed by atoms with van der Waals surface area (Å²) in [5, 5.41) is 0. The molecule has 0 atom stereocenters. The highest BCUT2D eigenvalue weighted by molar-refractivity contribution is 5.69. The van der Waals surface area contributed by atoms with Gasteiger partial charge in [-0.25, -0.2) is 0 Å². The van der Waals surface area contributed by atoms with Gasteiger partial charge in [0, 0.05) is 6.42 Å². The summed E-state index contributed by atoms with van der Waals surface area (Å²) in [6, 6.07) is 0. The first-order chi connectivity index (χ1) is 5.83. The van der Waals surface area contributed by atoms with Gasteiger partial charge in [-0.3, -0.25) is 4.79 Å². The van der Waals surface area contributed by atoms with Gasteiger partial charge in [-0.1, -0.05) is 12.8 Å². The lowest BCUT2D eigenvalue weighted by Crippen LogP contribution is -2.09. The van der Waals surface area contributed by atoms with Crippen LogP contribution in [-0.4, -0.2) is 12.6 Å². The second kappa shape index (κ2) is 5.18. The summed E-state index contributed by atoms with van der Waals surface area (Å²) in [6.45, 7) is 4.09. The van der Waals surface area contributed by atoms with Gasteiger partial charge in [0.15, 0.2) is 0 Å². The zero-order chi connectivity index (χ0) is 8.81. The monoisotopic (exact) mass is 169 g/mol. The van der Waals surface area contributed by atoms with Crippen LogP contribution in [0.4, 0.5) is 0 Å². The van der Waals surface area contributed by atoms with Crippen LogP contribution < -0.4 is 0 Å². The predicted molar refractivity (Wildman–Crippen MR) is 47.5 cm³/mol. The summed E-state index contributed by atoms with van der Waals surface area (Å²) in [4.78, 5) is 11.1. The normalized spacial score (nSPS) is 18.1. The lowest BCUT2D eigenvalue weighted by atomic mass is 10.0. The molecular formula is C10H17O2. The SMILES string of the molecule is [CH2]CCOC(=O)CC1CCCC1. The van der Waals surface area contributed by atoms with E-state index in [1.807, 2.05) is 0 Å². The van der Waals surface area contributed by atoms with Crippen molar-refractivity contribution < 1.29 is 9.53 Å². The van der Waals surface area contributed by atoms with E-state index >= 15 is 0 Å². The van der Waals surface area contributed by atoms with Crippen LogP contribution in [0.5, 0.6) is 0 Å². The molecule has 2 heteroatoms. The molecule has 1 rings (SSSR count). The molecule has 1 aliphatic rings. The molecule has 0 unspecified atom stereocenters. The van der Waals surface area contributed by atoms with E-state index in [0.29, 0.717) is 25.4 Å². The maximum atomic E-state index is 11.1. The first-order valence-corrected chi connectivity index (χ1v) is 4.78. The minimum atomic E-state index is -0.0365. The molecule has 1 radical (unpaired) electrons. The third kappa shape index (κ3) is 3.24. The van der Waals surface area contributed by atoms with Gasteiger partial charge >= 0.3 is 5.97 Å². The Labute approximate surface area is 74.3 Å². The molecule has 12 heavy (non-hydrogen) atoms. The molecule has 0 saturated heterocycles. The lowest BCUT2D eigenvalue weighted by Gasteiger charge is -2.07. The van der Waals surface area contributed by atoms with Crippen LogP contribution >= 0.6 is 0 Å². The minimum absolute atomic E-state index is 0.0365. The third-order valence-corrected chi connectivity index (χ3v) is 2.34. The Kier molecular flexibility index (Phi) is 4.12. The average Bonchev–Trinajstić information content (AvgIpc) is 2.53. The van der Waals surface area contributed by atoms with Gasteiger partial charge in [-0.2, -0.15) is 0 Å². The van der Waals surface area contributed by atoms with Gasteiger partial charge in [0.25, 0.3) is 0 Å². The van der Waals surface area contributed by atoms with Crippen LogP contribution in [0.3, 0.4) is 0 Å². The van der Waals surface area contributed by atoms with E-state index in [0.717, 1.165) is 0 Å². The third-order valence-electron chi connectivity index (χ3n) is 2.34. The van der Waals surface area contributed by atoms with E-state index in [4.69, 9.17) is 4.74 Å². The lowest BCUT2D eigenvalue weighted by molar-refractivity contribution is -0.144. The molecule has 0 aromatic rings. The second-order valence-corrected chi connectivity index (χ2v) is 3.43. The fourth-order valence-electron chi connectivity index (χ4n) is 1.70. The Morgan fingerprint density at radius 2 is 2.08 bits per heavy atom. The molecule has 0 aliphatic heterocycles. The summed E-state index contributed by atoms with van der Waals surface area (Å²) >= 11 is 0. The van der Waals surface area contributed by atoms with Crippen LogP contribution in [0, 0.1) is 12.8 Å². The Morgan fingerprint density at radius 3 is 2.67 bits per heavy atom. The van der Waals surface area contributed by atoms with E-state index in [-0.39, 0.29) is 5.97 Å². The average molecular weight is 169 g/mol. The van der Waals surface area contributed by atoms with E-state index in [1.54, 1.807) is 0 Å². The number of carbonyl (C=O) groups is 1. The molecule has 1 fully saturated rings. The van der Waals surface area contributed by atoms with Crippen molar-refractivity contribution in [2.75, 3.05) is 6.61 Å². The second-order valence-electron chi connectivity index (χ2n) is 3.43. The Morgan fingerprint density at radius 1 is 1.42 bits per heavy atom. The van der Waals surface area contributed by atoms with Crippen LogP contribution in [-0.2, 0) is 9.53 Å². The summed E-state index contributed by atoms with van der Waals surface area (Å²) < 4.78 is 4.95. The number of esters is 1. The van der Waals surface area contributed by atoms with Crippen molar-refractivity contribution in [3.8, 4) is 0 Å². The first kappa shape index (κ1) is 9.56. The molecule has 0 heterocycles. The highest BCUT2D eigenvalue weighted by Gasteiger charge is 2.18. The maximum absolute atomic E-state index is 11.1. The van der Waals surface area contributed by atoms with Crippen molar-refractivity contribution in [3.63, 3.8) is 0 Å². The molecule has 0 N–H and O–H groups in total. The van der Waals surface area contributed by atoms with Crippen molar-refractivity contribution in [2.24, 2.45) is 5.92 Å². The molecule has 0 bridgehead atoms. The largest absolute Gasteiger partial charge is 0.466 e. The quantitative estimate of drug-likeness (QED) is 0.604. The zero-order valence-electron chi connectivity index (χ0n) is 7.55. The van der Waals surface area contributed by atoms with E-state index in [9.17, 15) is 4.79 Å². The molecule has 69 valence electrons. The van der Waals surface area contributed by atoms with E-state index < -0.39 is 0 Å². The van der Waals surface area contributed by atoms with E-state index in [1.165, 1.54) is 25.7 Å². The van der Waals surface area contributed by atoms with Crippen molar-refractivity contribution in [1.82, 2.24) is 0 Å². The standard InChI is InChI=1S/C10H17O2/c1-2-7-12-10(11)8-9-5-3-4-6-9/h9H,1-8H2. The first-order valence-electron chi connectivity index (χ1n) is 4.78. The van der Waals surface area contributed by atoms with Crippen molar-refractivity contribution in [2.45, 2.75) is 38.5 Å². The van der Waals surface area contributed by atoms with Gasteiger partial charge in [0.1, 0.15) is 0 Å². The summed E-state index contributed by atoms with van der Waals surface area (Å²) in [7, 11) is 0. The highest BCUT2D eigenvalue weighted by atomic mass is 16.5. The zero-order valence-corrected chi connectivity index (χ0v) is 7.55. The molecule has 0 spiro atoms. The van der Waals surface area contributed by atoms with Gasteiger partial charge in [0.2, 0.25) is 0 Å². The number of carbonyl (C=O) groups excluding carboxylic acids is 1. The molecule has 0 aromatic heterocycles. The smallest absolute Gasteiger partial charge is 0.306 e. The van der Waals surface area contributed by atoms with E-state index in [2.05, 4.69) is 6.92 Å². The van der Waals surface area contributed by atoms with Crippen molar-refractivity contribution >= 4 is 5.97 Å². The molecule has 2 nitrogen and oxygen atoms in total. The Balaban J connectivity index is 2.08. The number of hydrogen-bond donors (Lipinski definition) is 0. The Hall–Kier alpha value is -0.530. The summed E-state index contributed by atoms with van der Waals surface area (Å²) in [5.41, 5.74) is 0. The number of ether oxygens (including phenoxy) is 1. The van der Waals surface area contributed by atoms with Crippen LogP contribution in [0.1, 0.15) is 38.5 Å². The molecule has 1 saturated carbocycles. The van der Waals surface area contributed by atoms with Crippen LogP contribution in [0.2, 0.25) is 0 Å². The topological polar surface area (TPSA) is 26.3 Å². The summed E-state index contributed by atoms with van der Waals surface area (Å²) in [5.74, 6) is 0.563. The minimum Gasteiger partial charge on any atom is -0.466 e. The van der Waals surface area contributed by atoms with Gasteiger partial charge in [0.05, 0.1) is 6.61 Å². The molecule has 1 aliphatic carbocycles. The maximum Gasteiger partial charge on any atom is 0.306 e. The molecule has 0 amide bonds. The number of rotatable bonds is 4. The van der Waals surface area contributed by atoms with Crippen LogP contribution in [0.25, 0.3) is 0 Å². The predicted octanol–water partition coefficient (Wildman–Crippen LogP) is 2.33. The molecular weight excluding hydrogens is 152 g/mol. The fraction of sp³-hybridized carbons (Fsp3) is 0.800. The highest BCUT2D eigenvalue weighted by Crippen LogP contribution is 2.27. The van der Waals surface area contributed by atoms with Crippen LogP contribution in [0.15, 0.2) is 0 Å². The fourth-order valence-corrected chi connectivity index (χ4v) is 1.70.